The Labute approximate surface area is 124 Å². The van der Waals surface area contributed by atoms with Crippen molar-refractivity contribution in [2.45, 2.75) is 65.8 Å². The molecule has 0 aromatic carbocycles. The third kappa shape index (κ3) is 3.03. The van der Waals surface area contributed by atoms with Gasteiger partial charge >= 0.3 is 0 Å². The van der Waals surface area contributed by atoms with Gasteiger partial charge in [-0.15, -0.1) is 0 Å². The second-order valence-electron chi connectivity index (χ2n) is 7.82. The molecule has 0 aromatic rings. The molecule has 0 bridgehead atoms. The summed E-state index contributed by atoms with van der Waals surface area (Å²) in [5.74, 6) is 2.23. The molecule has 2 fully saturated rings. The van der Waals surface area contributed by atoms with Gasteiger partial charge in [0.25, 0.3) is 0 Å². The van der Waals surface area contributed by atoms with Gasteiger partial charge in [0.15, 0.2) is 0 Å². The van der Waals surface area contributed by atoms with Gasteiger partial charge in [0.2, 0.25) is 5.91 Å². The predicted octanol–water partition coefficient (Wildman–Crippen LogP) is 2.94. The van der Waals surface area contributed by atoms with Gasteiger partial charge in [0.1, 0.15) is 0 Å². The van der Waals surface area contributed by atoms with E-state index in [0.29, 0.717) is 11.8 Å². The molecule has 1 amide bonds. The summed E-state index contributed by atoms with van der Waals surface area (Å²) in [5.41, 5.74) is 6.18. The molecule has 0 spiro atoms. The highest BCUT2D eigenvalue weighted by Gasteiger charge is 2.45. The van der Waals surface area contributed by atoms with Gasteiger partial charge in [0, 0.05) is 18.5 Å². The van der Waals surface area contributed by atoms with Crippen molar-refractivity contribution in [3.63, 3.8) is 0 Å². The lowest BCUT2D eigenvalue weighted by Crippen LogP contribution is -2.52. The number of nitrogens with two attached hydrogens (primary N) is 1. The first kappa shape index (κ1) is 15.8. The van der Waals surface area contributed by atoms with Gasteiger partial charge in [-0.1, -0.05) is 40.5 Å². The molecule has 0 radical (unpaired) electrons. The summed E-state index contributed by atoms with van der Waals surface area (Å²) in [7, 11) is 0. The zero-order chi connectivity index (χ0) is 14.9. The Morgan fingerprint density at radius 3 is 2.50 bits per heavy atom. The van der Waals surface area contributed by atoms with Gasteiger partial charge in [-0.25, -0.2) is 0 Å². The van der Waals surface area contributed by atoms with Crippen LogP contribution in [-0.4, -0.2) is 18.5 Å². The van der Waals surface area contributed by atoms with E-state index in [1.54, 1.807) is 0 Å². The lowest BCUT2D eigenvalue weighted by atomic mass is 9.61. The Bertz CT molecular complexity index is 353. The Morgan fingerprint density at radius 2 is 1.90 bits per heavy atom. The molecule has 3 nitrogen and oxygen atoms in total. The smallest absolute Gasteiger partial charge is 0.223 e. The van der Waals surface area contributed by atoms with E-state index in [1.165, 1.54) is 19.3 Å². The van der Waals surface area contributed by atoms with Crippen molar-refractivity contribution in [1.82, 2.24) is 5.32 Å². The Morgan fingerprint density at radius 1 is 1.20 bits per heavy atom. The molecular weight excluding hydrogens is 248 g/mol. The van der Waals surface area contributed by atoms with Gasteiger partial charge in [-0.2, -0.15) is 0 Å². The Kier molecular flexibility index (Phi) is 4.78. The summed E-state index contributed by atoms with van der Waals surface area (Å²) in [6, 6.07) is 0.240. The van der Waals surface area contributed by atoms with Gasteiger partial charge in [0.05, 0.1) is 0 Å². The standard InChI is InChI=1S/C17H32N2O/c1-11-6-5-7-13(11)10-19-16(20)14-8-9-15(18)12(2)17(14,3)4/h11-15H,5-10,18H2,1-4H3,(H,19,20). The van der Waals surface area contributed by atoms with Crippen molar-refractivity contribution in [2.24, 2.45) is 34.8 Å². The minimum atomic E-state index is 0.00302. The van der Waals surface area contributed by atoms with Crippen LogP contribution in [0.3, 0.4) is 0 Å². The SMILES string of the molecule is CC1CCCC1CNC(=O)C1CCC(N)C(C)C1(C)C. The van der Waals surface area contributed by atoms with Crippen molar-refractivity contribution < 1.29 is 4.79 Å². The monoisotopic (exact) mass is 280 g/mol. The fraction of sp³-hybridized carbons (Fsp3) is 0.941. The highest BCUT2D eigenvalue weighted by Crippen LogP contribution is 2.44. The third-order valence-corrected chi connectivity index (χ3v) is 6.40. The van der Waals surface area contributed by atoms with E-state index in [2.05, 4.69) is 33.0 Å². The van der Waals surface area contributed by atoms with Crippen LogP contribution in [0.4, 0.5) is 0 Å². The lowest BCUT2D eigenvalue weighted by Gasteiger charge is -2.46. The molecule has 5 atom stereocenters. The van der Waals surface area contributed by atoms with E-state index in [0.717, 1.165) is 25.3 Å². The van der Waals surface area contributed by atoms with E-state index in [-0.39, 0.29) is 23.3 Å². The van der Waals surface area contributed by atoms with Crippen LogP contribution in [0.25, 0.3) is 0 Å². The molecule has 5 unspecified atom stereocenters. The maximum atomic E-state index is 12.6. The average molecular weight is 280 g/mol. The zero-order valence-electron chi connectivity index (χ0n) is 13.6. The van der Waals surface area contributed by atoms with Crippen LogP contribution in [0, 0.1) is 29.1 Å². The van der Waals surface area contributed by atoms with E-state index in [4.69, 9.17) is 5.73 Å². The van der Waals surface area contributed by atoms with Gasteiger partial charge in [-0.05, 0) is 42.4 Å². The van der Waals surface area contributed by atoms with Crippen LogP contribution in [0.15, 0.2) is 0 Å². The highest BCUT2D eigenvalue weighted by atomic mass is 16.1. The number of hydrogen-bond acceptors (Lipinski definition) is 2. The Balaban J connectivity index is 1.91. The molecular formula is C17H32N2O. The fourth-order valence-electron chi connectivity index (χ4n) is 4.20. The number of hydrogen-bond donors (Lipinski definition) is 2. The molecule has 2 aliphatic carbocycles. The Hall–Kier alpha value is -0.570. The summed E-state index contributed by atoms with van der Waals surface area (Å²) in [5, 5.41) is 3.24. The van der Waals surface area contributed by atoms with Gasteiger partial charge in [-0.3, -0.25) is 4.79 Å². The molecule has 0 aromatic heterocycles. The van der Waals surface area contributed by atoms with Crippen molar-refractivity contribution in [3.8, 4) is 0 Å². The maximum Gasteiger partial charge on any atom is 0.223 e. The first-order valence-corrected chi connectivity index (χ1v) is 8.37. The topological polar surface area (TPSA) is 55.1 Å². The van der Waals surface area contributed by atoms with E-state index in [1.807, 2.05) is 0 Å². The number of rotatable bonds is 3. The summed E-state index contributed by atoms with van der Waals surface area (Å²) in [6.07, 6.45) is 5.83. The van der Waals surface area contributed by atoms with Crippen LogP contribution >= 0.6 is 0 Å². The zero-order valence-corrected chi connectivity index (χ0v) is 13.6. The maximum absolute atomic E-state index is 12.6. The number of nitrogens with one attached hydrogen (secondary N) is 1. The molecule has 116 valence electrons. The van der Waals surface area contributed by atoms with E-state index >= 15 is 0 Å². The van der Waals surface area contributed by atoms with Crippen molar-refractivity contribution >= 4 is 5.91 Å². The van der Waals surface area contributed by atoms with Crippen molar-refractivity contribution in [2.75, 3.05) is 6.54 Å². The number of carbonyl (C=O) groups excluding carboxylic acids is 1. The second kappa shape index (κ2) is 6.05. The average Bonchev–Trinajstić information content (AvgIpc) is 2.79. The summed E-state index contributed by atoms with van der Waals surface area (Å²) >= 11 is 0. The summed E-state index contributed by atoms with van der Waals surface area (Å²) in [4.78, 5) is 12.6. The quantitative estimate of drug-likeness (QED) is 0.835. The van der Waals surface area contributed by atoms with E-state index < -0.39 is 0 Å². The minimum Gasteiger partial charge on any atom is -0.356 e. The summed E-state index contributed by atoms with van der Waals surface area (Å²) in [6.45, 7) is 9.80. The minimum absolute atomic E-state index is 0.00302. The molecule has 2 saturated carbocycles. The van der Waals surface area contributed by atoms with Crippen molar-refractivity contribution in [1.29, 1.82) is 0 Å². The third-order valence-electron chi connectivity index (χ3n) is 6.40. The van der Waals surface area contributed by atoms with E-state index in [9.17, 15) is 4.79 Å². The lowest BCUT2D eigenvalue weighted by molar-refractivity contribution is -0.132. The molecule has 20 heavy (non-hydrogen) atoms. The normalized spacial score (nSPS) is 40.5. The molecule has 0 heterocycles. The molecule has 0 aliphatic heterocycles. The fourth-order valence-corrected chi connectivity index (χ4v) is 4.20. The number of carbonyl (C=O) groups is 1. The largest absolute Gasteiger partial charge is 0.356 e. The molecule has 0 saturated heterocycles. The van der Waals surface area contributed by atoms with Gasteiger partial charge < -0.3 is 11.1 Å². The molecule has 2 rings (SSSR count). The van der Waals surface area contributed by atoms with Crippen LogP contribution in [-0.2, 0) is 4.79 Å². The first-order chi connectivity index (χ1) is 9.34. The number of amides is 1. The highest BCUT2D eigenvalue weighted by molar-refractivity contribution is 5.79. The van der Waals surface area contributed by atoms with Crippen LogP contribution in [0.2, 0.25) is 0 Å². The van der Waals surface area contributed by atoms with Crippen LogP contribution in [0.1, 0.15) is 59.8 Å². The van der Waals surface area contributed by atoms with Crippen molar-refractivity contribution in [3.05, 3.63) is 0 Å². The molecule has 2 aliphatic rings. The molecule has 3 heteroatoms. The first-order valence-electron chi connectivity index (χ1n) is 8.37. The van der Waals surface area contributed by atoms with Crippen LogP contribution < -0.4 is 11.1 Å². The predicted molar refractivity (Wildman–Crippen MR) is 83.2 cm³/mol. The molecule has 3 N–H and O–H groups in total. The second-order valence-corrected chi connectivity index (χ2v) is 7.82. The summed E-state index contributed by atoms with van der Waals surface area (Å²) < 4.78 is 0. The van der Waals surface area contributed by atoms with Crippen LogP contribution in [0.5, 0.6) is 0 Å².